The minimum atomic E-state index is -3.54. The Labute approximate surface area is 178 Å². The van der Waals surface area contributed by atoms with Gasteiger partial charge in [0.15, 0.2) is 15.5 Å². The summed E-state index contributed by atoms with van der Waals surface area (Å²) >= 11 is 0. The number of sulfone groups is 1. The van der Waals surface area contributed by atoms with Crippen LogP contribution in [-0.4, -0.2) is 37.2 Å². The van der Waals surface area contributed by atoms with Gasteiger partial charge in [-0.1, -0.05) is 36.4 Å². The van der Waals surface area contributed by atoms with E-state index >= 15 is 0 Å². The van der Waals surface area contributed by atoms with Gasteiger partial charge in [0.1, 0.15) is 5.82 Å². The number of carbonyl (C=O) groups is 1. The lowest BCUT2D eigenvalue weighted by molar-refractivity contribution is 0.0992. The Hall–Kier alpha value is -3.66. The standard InChI is InChI=1S/C21H22N4O5S/c1-13-9-10-15(31(3,29)30)11-16(13)20(27)24(2)17-18(22)25(21(28)23-19(17)26)12-14-7-5-4-6-8-14/h4-11H,12,22H2,1-3H3,(H,23,26,28). The maximum Gasteiger partial charge on any atom is 0.330 e. The fourth-order valence-corrected chi connectivity index (χ4v) is 3.82. The normalized spacial score (nSPS) is 11.3. The van der Waals surface area contributed by atoms with Crippen LogP contribution in [0, 0.1) is 6.92 Å². The molecule has 0 bridgehead atoms. The molecular weight excluding hydrogens is 420 g/mol. The van der Waals surface area contributed by atoms with E-state index in [1.807, 2.05) is 6.07 Å². The molecule has 0 radical (unpaired) electrons. The Kier molecular flexibility index (Phi) is 5.85. The van der Waals surface area contributed by atoms with E-state index in [0.29, 0.717) is 5.56 Å². The topological polar surface area (TPSA) is 135 Å². The number of H-pyrrole nitrogens is 1. The van der Waals surface area contributed by atoms with Crippen molar-refractivity contribution in [1.29, 1.82) is 0 Å². The highest BCUT2D eigenvalue weighted by molar-refractivity contribution is 7.90. The number of nitrogen functional groups attached to an aromatic ring is 1. The lowest BCUT2D eigenvalue weighted by Gasteiger charge is -2.21. The van der Waals surface area contributed by atoms with Crippen molar-refractivity contribution >= 4 is 27.2 Å². The minimum absolute atomic E-state index is 0.0224. The molecule has 3 rings (SSSR count). The molecular formula is C21H22N4O5S. The number of amides is 1. The van der Waals surface area contributed by atoms with E-state index in [0.717, 1.165) is 21.3 Å². The predicted molar refractivity (Wildman–Crippen MR) is 118 cm³/mol. The number of aromatic nitrogens is 2. The Bertz CT molecular complexity index is 1380. The van der Waals surface area contributed by atoms with Crippen molar-refractivity contribution in [3.8, 4) is 0 Å². The third-order valence-electron chi connectivity index (χ3n) is 4.91. The van der Waals surface area contributed by atoms with Gasteiger partial charge in [0.25, 0.3) is 11.5 Å². The first-order valence-electron chi connectivity index (χ1n) is 9.26. The Morgan fingerprint density at radius 2 is 1.77 bits per heavy atom. The number of rotatable bonds is 5. The summed E-state index contributed by atoms with van der Waals surface area (Å²) in [6.07, 6.45) is 1.04. The lowest BCUT2D eigenvalue weighted by atomic mass is 10.1. The van der Waals surface area contributed by atoms with Gasteiger partial charge in [-0.25, -0.2) is 13.2 Å². The van der Waals surface area contributed by atoms with Crippen LogP contribution in [0.25, 0.3) is 0 Å². The molecule has 3 aromatic rings. The molecule has 0 saturated carbocycles. The van der Waals surface area contributed by atoms with Crippen molar-refractivity contribution < 1.29 is 13.2 Å². The lowest BCUT2D eigenvalue weighted by Crippen LogP contribution is -2.39. The summed E-state index contributed by atoms with van der Waals surface area (Å²) in [5.74, 6) is -0.810. The van der Waals surface area contributed by atoms with Crippen molar-refractivity contribution in [3.63, 3.8) is 0 Å². The van der Waals surface area contributed by atoms with Gasteiger partial charge in [-0.05, 0) is 30.2 Å². The second kappa shape index (κ2) is 8.23. The van der Waals surface area contributed by atoms with Crippen molar-refractivity contribution in [2.45, 2.75) is 18.4 Å². The van der Waals surface area contributed by atoms with Crippen LogP contribution >= 0.6 is 0 Å². The summed E-state index contributed by atoms with van der Waals surface area (Å²) in [5, 5.41) is 0. The zero-order chi connectivity index (χ0) is 22.9. The smallest absolute Gasteiger partial charge is 0.330 e. The van der Waals surface area contributed by atoms with Gasteiger partial charge in [-0.15, -0.1) is 0 Å². The molecule has 1 aromatic heterocycles. The van der Waals surface area contributed by atoms with Crippen LogP contribution < -0.4 is 21.9 Å². The molecule has 10 heteroatoms. The summed E-state index contributed by atoms with van der Waals surface area (Å²) in [5.41, 5.74) is 5.82. The largest absolute Gasteiger partial charge is 0.383 e. The van der Waals surface area contributed by atoms with E-state index in [1.165, 1.54) is 25.2 Å². The number of aryl methyl sites for hydroxylation is 1. The van der Waals surface area contributed by atoms with Gasteiger partial charge >= 0.3 is 5.69 Å². The van der Waals surface area contributed by atoms with Crippen LogP contribution in [-0.2, 0) is 16.4 Å². The van der Waals surface area contributed by atoms with Crippen LogP contribution in [0.1, 0.15) is 21.5 Å². The molecule has 0 atom stereocenters. The zero-order valence-electron chi connectivity index (χ0n) is 17.2. The fraction of sp³-hybridized carbons (Fsp3) is 0.190. The second-order valence-corrected chi connectivity index (χ2v) is 9.19. The first-order valence-corrected chi connectivity index (χ1v) is 11.1. The van der Waals surface area contributed by atoms with Gasteiger partial charge in [0.2, 0.25) is 0 Å². The van der Waals surface area contributed by atoms with Crippen molar-refractivity contribution in [3.05, 3.63) is 86.1 Å². The molecule has 1 amide bonds. The molecule has 0 aliphatic carbocycles. The molecule has 0 aliphatic rings. The summed E-state index contributed by atoms with van der Waals surface area (Å²) in [4.78, 5) is 41.2. The molecule has 31 heavy (non-hydrogen) atoms. The van der Waals surface area contributed by atoms with Gasteiger partial charge in [0, 0.05) is 18.9 Å². The van der Waals surface area contributed by atoms with Crippen molar-refractivity contribution in [1.82, 2.24) is 9.55 Å². The number of benzene rings is 2. The number of anilines is 2. The number of nitrogens with two attached hydrogens (primary N) is 1. The van der Waals surface area contributed by atoms with E-state index < -0.39 is 27.0 Å². The van der Waals surface area contributed by atoms with Crippen molar-refractivity contribution in [2.24, 2.45) is 0 Å². The first kappa shape index (κ1) is 22.0. The van der Waals surface area contributed by atoms with Crippen LogP contribution in [0.5, 0.6) is 0 Å². The number of aromatic amines is 1. The molecule has 2 aromatic carbocycles. The van der Waals surface area contributed by atoms with Crippen LogP contribution in [0.3, 0.4) is 0 Å². The molecule has 0 spiro atoms. The van der Waals surface area contributed by atoms with E-state index in [9.17, 15) is 22.8 Å². The molecule has 9 nitrogen and oxygen atoms in total. The Morgan fingerprint density at radius 3 is 2.39 bits per heavy atom. The highest BCUT2D eigenvalue weighted by Gasteiger charge is 2.24. The third kappa shape index (κ3) is 4.43. The Morgan fingerprint density at radius 1 is 1.13 bits per heavy atom. The van der Waals surface area contributed by atoms with E-state index in [1.54, 1.807) is 31.2 Å². The maximum atomic E-state index is 13.1. The number of hydrogen-bond donors (Lipinski definition) is 2. The maximum absolute atomic E-state index is 13.1. The average molecular weight is 442 g/mol. The highest BCUT2D eigenvalue weighted by atomic mass is 32.2. The van der Waals surface area contributed by atoms with E-state index in [2.05, 4.69) is 4.98 Å². The second-order valence-electron chi connectivity index (χ2n) is 7.18. The SMILES string of the molecule is Cc1ccc(S(C)(=O)=O)cc1C(=O)N(C)c1c(N)n(Cc2ccccc2)c(=O)[nH]c1=O. The number of hydrogen-bond acceptors (Lipinski definition) is 6. The van der Waals surface area contributed by atoms with Gasteiger partial charge in [-0.2, -0.15) is 0 Å². The molecule has 0 saturated heterocycles. The number of carbonyl (C=O) groups excluding carboxylic acids is 1. The quantitative estimate of drug-likeness (QED) is 0.609. The van der Waals surface area contributed by atoms with Crippen LogP contribution in [0.15, 0.2) is 63.0 Å². The average Bonchev–Trinajstić information content (AvgIpc) is 2.70. The predicted octanol–water partition coefficient (Wildman–Crippen LogP) is 1.16. The zero-order valence-corrected chi connectivity index (χ0v) is 18.1. The highest BCUT2D eigenvalue weighted by Crippen LogP contribution is 2.22. The van der Waals surface area contributed by atoms with Crippen LogP contribution in [0.4, 0.5) is 11.5 Å². The number of nitrogens with zero attached hydrogens (tertiary/aromatic N) is 2. The summed E-state index contributed by atoms with van der Waals surface area (Å²) < 4.78 is 24.9. The monoisotopic (exact) mass is 442 g/mol. The summed E-state index contributed by atoms with van der Waals surface area (Å²) in [6, 6.07) is 13.2. The van der Waals surface area contributed by atoms with Crippen molar-refractivity contribution in [2.75, 3.05) is 23.9 Å². The summed E-state index contributed by atoms with van der Waals surface area (Å²) in [6.45, 7) is 1.75. The van der Waals surface area contributed by atoms with Gasteiger partial charge in [0.05, 0.1) is 11.4 Å². The van der Waals surface area contributed by atoms with Crippen LogP contribution in [0.2, 0.25) is 0 Å². The third-order valence-corrected chi connectivity index (χ3v) is 6.02. The summed E-state index contributed by atoms with van der Waals surface area (Å²) in [7, 11) is -2.20. The molecule has 0 aliphatic heterocycles. The van der Waals surface area contributed by atoms with E-state index in [4.69, 9.17) is 5.73 Å². The first-order chi connectivity index (χ1) is 14.5. The molecule has 162 valence electrons. The Balaban J connectivity index is 2.09. The fourth-order valence-electron chi connectivity index (χ4n) is 3.17. The minimum Gasteiger partial charge on any atom is -0.383 e. The van der Waals surface area contributed by atoms with Gasteiger partial charge < -0.3 is 10.6 Å². The molecule has 0 fully saturated rings. The van der Waals surface area contributed by atoms with E-state index in [-0.39, 0.29) is 28.5 Å². The number of nitrogens with one attached hydrogen (secondary N) is 1. The molecule has 3 N–H and O–H groups in total. The molecule has 1 heterocycles. The molecule has 0 unspecified atom stereocenters. The van der Waals surface area contributed by atoms with Gasteiger partial charge in [-0.3, -0.25) is 19.1 Å².